The van der Waals surface area contributed by atoms with Crippen molar-refractivity contribution in [1.29, 1.82) is 0 Å². The van der Waals surface area contributed by atoms with Gasteiger partial charge in [0.25, 0.3) is 6.43 Å². The van der Waals surface area contributed by atoms with E-state index in [0.717, 1.165) is 23.8 Å². The molecule has 8 nitrogen and oxygen atoms in total. The summed E-state index contributed by atoms with van der Waals surface area (Å²) >= 11 is 0. The third kappa shape index (κ3) is 4.14. The molecule has 0 spiro atoms. The molecule has 2 fully saturated rings. The van der Waals surface area contributed by atoms with Crippen molar-refractivity contribution in [2.24, 2.45) is 0 Å². The van der Waals surface area contributed by atoms with E-state index in [1.165, 1.54) is 0 Å². The normalized spacial score (nSPS) is 22.6. The fraction of sp³-hybridized carbons (Fsp3) is 0.455. The van der Waals surface area contributed by atoms with E-state index in [9.17, 15) is 13.6 Å². The number of alkyl halides is 2. The predicted octanol–water partition coefficient (Wildman–Crippen LogP) is 3.98. The lowest BCUT2D eigenvalue weighted by atomic mass is 9.97. The largest absolute Gasteiger partial charge is 0.441 e. The van der Waals surface area contributed by atoms with Gasteiger partial charge < -0.3 is 14.6 Å². The number of carbonyl (C=O) groups excluding carboxylic acids is 1. The Morgan fingerprint density at radius 3 is 2.69 bits per heavy atom. The average Bonchev–Trinajstić information content (AvgIpc) is 3.32. The third-order valence-corrected chi connectivity index (χ3v) is 6.25. The van der Waals surface area contributed by atoms with Gasteiger partial charge in [0, 0.05) is 36.0 Å². The average molecular weight is 442 g/mol. The van der Waals surface area contributed by atoms with E-state index in [0.29, 0.717) is 35.8 Å². The molecule has 10 heteroatoms. The van der Waals surface area contributed by atoms with Crippen molar-refractivity contribution in [3.05, 3.63) is 36.4 Å². The van der Waals surface area contributed by atoms with E-state index in [-0.39, 0.29) is 30.7 Å². The number of amides is 2. The summed E-state index contributed by atoms with van der Waals surface area (Å²) in [5.41, 5.74) is 1.56. The monoisotopic (exact) mass is 442 g/mol. The molecule has 2 aliphatic heterocycles. The maximum Gasteiger partial charge on any atom is 0.323 e. The maximum atomic E-state index is 13.0. The fourth-order valence-electron chi connectivity index (χ4n) is 4.86. The second-order valence-corrected chi connectivity index (χ2v) is 8.44. The first-order chi connectivity index (χ1) is 15.5. The molecule has 2 saturated heterocycles. The second kappa shape index (κ2) is 8.42. The number of aryl methyl sites for hydroxylation is 1. The number of hydrogen-bond donors (Lipinski definition) is 2. The third-order valence-electron chi connectivity index (χ3n) is 6.25. The molecule has 168 valence electrons. The van der Waals surface area contributed by atoms with Crippen molar-refractivity contribution in [3.8, 4) is 11.3 Å². The van der Waals surface area contributed by atoms with Crippen molar-refractivity contribution in [3.63, 3.8) is 0 Å². The van der Waals surface area contributed by atoms with Gasteiger partial charge in [0.2, 0.25) is 0 Å². The number of rotatable bonds is 5. The second-order valence-electron chi connectivity index (χ2n) is 8.44. The van der Waals surface area contributed by atoms with Gasteiger partial charge in [0.1, 0.15) is 0 Å². The molecule has 2 unspecified atom stereocenters. The van der Waals surface area contributed by atoms with Crippen molar-refractivity contribution in [2.45, 2.75) is 57.2 Å². The first kappa shape index (κ1) is 20.7. The Bertz CT molecular complexity index is 1120. The molecule has 2 atom stereocenters. The minimum absolute atomic E-state index is 0.0177. The Morgan fingerprint density at radius 2 is 2.00 bits per heavy atom. The van der Waals surface area contributed by atoms with Gasteiger partial charge in [-0.3, -0.25) is 5.32 Å². The zero-order chi connectivity index (χ0) is 22.2. The first-order valence-corrected chi connectivity index (χ1v) is 10.8. The number of hydrogen-bond acceptors (Lipinski definition) is 6. The van der Waals surface area contributed by atoms with Gasteiger partial charge in [0.05, 0.1) is 18.3 Å². The summed E-state index contributed by atoms with van der Waals surface area (Å²) in [4.78, 5) is 19.0. The summed E-state index contributed by atoms with van der Waals surface area (Å²) in [6, 6.07) is 7.31. The number of halogens is 2. The molecule has 5 rings (SSSR count). The number of aromatic nitrogens is 3. The van der Waals surface area contributed by atoms with Gasteiger partial charge in [-0.2, -0.15) is 0 Å². The highest BCUT2D eigenvalue weighted by Gasteiger charge is 2.43. The Balaban J connectivity index is 1.29. The van der Waals surface area contributed by atoms with Crippen LogP contribution < -0.4 is 10.6 Å². The van der Waals surface area contributed by atoms with Gasteiger partial charge in [-0.05, 0) is 49.9 Å². The van der Waals surface area contributed by atoms with Crippen LogP contribution in [0, 0.1) is 6.92 Å². The van der Waals surface area contributed by atoms with Crippen LogP contribution in [0.1, 0.15) is 31.6 Å². The summed E-state index contributed by atoms with van der Waals surface area (Å²) < 4.78 is 30.6. The topological polar surface area (TPSA) is 96.2 Å². The molecule has 1 aromatic carbocycles. The smallest absolute Gasteiger partial charge is 0.323 e. The van der Waals surface area contributed by atoms with Crippen LogP contribution in [-0.4, -0.2) is 57.2 Å². The van der Waals surface area contributed by atoms with Crippen LogP contribution in [0.2, 0.25) is 0 Å². The molecule has 3 aromatic rings. The molecule has 32 heavy (non-hydrogen) atoms. The van der Waals surface area contributed by atoms with Gasteiger partial charge in [0.15, 0.2) is 17.5 Å². The van der Waals surface area contributed by atoms with Gasteiger partial charge >= 0.3 is 6.03 Å². The quantitative estimate of drug-likeness (QED) is 0.621. The first-order valence-electron chi connectivity index (χ1n) is 10.8. The van der Waals surface area contributed by atoms with Gasteiger partial charge in [-0.25, -0.2) is 18.6 Å². The minimum Gasteiger partial charge on any atom is -0.441 e. The highest BCUT2D eigenvalue weighted by Crippen LogP contribution is 2.36. The van der Waals surface area contributed by atoms with Crippen molar-refractivity contribution < 1.29 is 18.0 Å². The molecule has 2 N–H and O–H groups in total. The number of urea groups is 1. The number of carbonyl (C=O) groups is 1. The highest BCUT2D eigenvalue weighted by atomic mass is 19.3. The molecule has 2 aromatic heterocycles. The Morgan fingerprint density at radius 1 is 1.22 bits per heavy atom. The number of fused-ring (bicyclic) bond motifs is 3. The van der Waals surface area contributed by atoms with E-state index in [1.54, 1.807) is 19.2 Å². The van der Waals surface area contributed by atoms with E-state index >= 15 is 0 Å². The Hall–Kier alpha value is -3.14. The van der Waals surface area contributed by atoms with Crippen LogP contribution in [0.25, 0.3) is 22.2 Å². The zero-order valence-corrected chi connectivity index (χ0v) is 17.6. The van der Waals surface area contributed by atoms with Crippen molar-refractivity contribution >= 4 is 22.8 Å². The van der Waals surface area contributed by atoms with Crippen LogP contribution in [0.4, 0.5) is 19.4 Å². The molecule has 2 amide bonds. The summed E-state index contributed by atoms with van der Waals surface area (Å²) in [7, 11) is 0. The summed E-state index contributed by atoms with van der Waals surface area (Å²) in [6.45, 7) is 1.48. The van der Waals surface area contributed by atoms with Crippen molar-refractivity contribution in [1.82, 2.24) is 25.4 Å². The molecule has 0 aliphatic carbocycles. The maximum absolute atomic E-state index is 13.0. The summed E-state index contributed by atoms with van der Waals surface area (Å²) in [6.07, 6.45) is 2.43. The van der Waals surface area contributed by atoms with Gasteiger partial charge in [-0.1, -0.05) is 0 Å². The van der Waals surface area contributed by atoms with Crippen LogP contribution in [0.3, 0.4) is 0 Å². The molecule has 4 heterocycles. The van der Waals surface area contributed by atoms with Crippen LogP contribution in [-0.2, 0) is 0 Å². The lowest BCUT2D eigenvalue weighted by Gasteiger charge is -2.39. The van der Waals surface area contributed by atoms with E-state index < -0.39 is 6.43 Å². The molecular weight excluding hydrogens is 418 g/mol. The number of anilines is 1. The fourth-order valence-corrected chi connectivity index (χ4v) is 4.86. The zero-order valence-electron chi connectivity index (χ0n) is 17.6. The molecule has 0 radical (unpaired) electrons. The number of benzene rings is 1. The van der Waals surface area contributed by atoms with E-state index in [4.69, 9.17) is 4.42 Å². The molecule has 2 aliphatic rings. The van der Waals surface area contributed by atoms with Crippen LogP contribution in [0.5, 0.6) is 0 Å². The Kier molecular flexibility index (Phi) is 5.46. The number of piperidine rings is 1. The summed E-state index contributed by atoms with van der Waals surface area (Å²) in [5.74, 6) is 1.61. The number of nitrogens with one attached hydrogen (secondary N) is 2. The van der Waals surface area contributed by atoms with Gasteiger partial charge in [-0.15, -0.1) is 10.2 Å². The Labute approximate surface area is 183 Å². The van der Waals surface area contributed by atoms with Crippen LogP contribution >= 0.6 is 0 Å². The van der Waals surface area contributed by atoms with E-state index in [2.05, 4.69) is 25.8 Å². The summed E-state index contributed by atoms with van der Waals surface area (Å²) in [5, 5.41) is 15.0. The molecule has 0 saturated carbocycles. The number of oxazole rings is 1. The SMILES string of the molecule is Cc1ncc(-c2ccc3nnc(NC(=O)N4C5CCC4CC(NCC(F)F)C5)cc3c2)o1. The standard InChI is InChI=1S/C22H24F2N6O2/c1-12-25-10-19(32-12)13-2-5-18-14(6-13)7-21(29-28-18)27-22(31)30-16-3-4-17(30)9-15(8-16)26-11-20(23)24/h2,5-7,10,15-17,20,26H,3-4,8-9,11H2,1H3,(H,27,29,31). The van der Waals surface area contributed by atoms with Crippen LogP contribution in [0.15, 0.2) is 34.9 Å². The predicted molar refractivity (Wildman–Crippen MR) is 114 cm³/mol. The molecule has 2 bridgehead atoms. The van der Waals surface area contributed by atoms with Crippen molar-refractivity contribution in [2.75, 3.05) is 11.9 Å². The number of nitrogens with zero attached hydrogens (tertiary/aromatic N) is 4. The minimum atomic E-state index is -2.37. The molecular formula is C22H24F2N6O2. The lowest BCUT2D eigenvalue weighted by Crippen LogP contribution is -2.53. The van der Waals surface area contributed by atoms with E-state index in [1.807, 2.05) is 23.1 Å². The highest BCUT2D eigenvalue weighted by molar-refractivity contribution is 5.92. The lowest BCUT2D eigenvalue weighted by molar-refractivity contribution is 0.115.